The number of halogens is 2. The van der Waals surface area contributed by atoms with Gasteiger partial charge in [-0.2, -0.15) is 4.31 Å². The van der Waals surface area contributed by atoms with Gasteiger partial charge in [-0.3, -0.25) is 4.72 Å². The molecular weight excluding hydrogens is 398 g/mol. The third-order valence-electron chi connectivity index (χ3n) is 4.19. The Kier molecular flexibility index (Phi) is 5.50. The summed E-state index contributed by atoms with van der Waals surface area (Å²) < 4.78 is 80.3. The predicted octanol–water partition coefficient (Wildman–Crippen LogP) is 2.94. The zero-order valence-electron chi connectivity index (χ0n) is 14.2. The van der Waals surface area contributed by atoms with Gasteiger partial charge in [0, 0.05) is 19.2 Å². The molecule has 1 N–H and O–H groups in total. The van der Waals surface area contributed by atoms with Gasteiger partial charge in [0.25, 0.3) is 10.0 Å². The zero-order chi connectivity index (χ0) is 19.7. The summed E-state index contributed by atoms with van der Waals surface area (Å²) in [6, 6.07) is 7.26. The Morgan fingerprint density at radius 2 is 1.44 bits per heavy atom. The molecule has 2 aromatic rings. The number of piperidine rings is 1. The van der Waals surface area contributed by atoms with Gasteiger partial charge in [-0.05, 0) is 43.2 Å². The van der Waals surface area contributed by atoms with Gasteiger partial charge in [0.15, 0.2) is 0 Å². The van der Waals surface area contributed by atoms with Crippen molar-refractivity contribution in [3.8, 4) is 0 Å². The highest BCUT2D eigenvalue weighted by atomic mass is 32.2. The summed E-state index contributed by atoms with van der Waals surface area (Å²) in [5, 5.41) is 0. The van der Waals surface area contributed by atoms with Crippen molar-refractivity contribution in [1.82, 2.24) is 4.31 Å². The molecule has 0 atom stereocenters. The van der Waals surface area contributed by atoms with Crippen LogP contribution >= 0.6 is 0 Å². The molecule has 27 heavy (non-hydrogen) atoms. The molecule has 1 fully saturated rings. The van der Waals surface area contributed by atoms with Gasteiger partial charge >= 0.3 is 0 Å². The molecule has 0 radical (unpaired) electrons. The molecule has 1 saturated heterocycles. The number of nitrogens with zero attached hydrogens (tertiary/aromatic N) is 1. The van der Waals surface area contributed by atoms with Crippen LogP contribution in [0.25, 0.3) is 0 Å². The first-order valence-corrected chi connectivity index (χ1v) is 11.2. The van der Waals surface area contributed by atoms with E-state index in [0.29, 0.717) is 31.3 Å². The summed E-state index contributed by atoms with van der Waals surface area (Å²) in [6.07, 6.45) is 2.52. The minimum atomic E-state index is -4.28. The summed E-state index contributed by atoms with van der Waals surface area (Å²) in [5.41, 5.74) is -0.0160. The fraction of sp³-hybridized carbons (Fsp3) is 0.294. The van der Waals surface area contributed by atoms with Crippen LogP contribution in [-0.4, -0.2) is 34.2 Å². The van der Waals surface area contributed by atoms with E-state index >= 15 is 0 Å². The van der Waals surface area contributed by atoms with Crippen LogP contribution in [0, 0.1) is 11.6 Å². The van der Waals surface area contributed by atoms with Crippen LogP contribution in [0.5, 0.6) is 0 Å². The van der Waals surface area contributed by atoms with Crippen molar-refractivity contribution in [2.75, 3.05) is 17.8 Å². The smallest absolute Gasteiger partial charge is 0.262 e. The number of hydrogen-bond acceptors (Lipinski definition) is 4. The first kappa shape index (κ1) is 19.7. The Hall–Kier alpha value is -2.04. The van der Waals surface area contributed by atoms with Crippen molar-refractivity contribution in [3.05, 3.63) is 54.1 Å². The largest absolute Gasteiger partial charge is 0.280 e. The quantitative estimate of drug-likeness (QED) is 0.812. The van der Waals surface area contributed by atoms with Crippen molar-refractivity contribution in [1.29, 1.82) is 0 Å². The lowest BCUT2D eigenvalue weighted by Gasteiger charge is -2.26. The third kappa shape index (κ3) is 4.45. The van der Waals surface area contributed by atoms with Gasteiger partial charge in [-0.15, -0.1) is 0 Å². The van der Waals surface area contributed by atoms with Gasteiger partial charge in [0.1, 0.15) is 11.6 Å². The van der Waals surface area contributed by atoms with Gasteiger partial charge in [-0.1, -0.05) is 12.5 Å². The SMILES string of the molecule is O=S(=O)(Nc1cccc(S(=O)(=O)N2CCCCC2)c1)c1cc(F)cc(F)c1. The molecule has 146 valence electrons. The molecule has 0 amide bonds. The molecule has 0 spiro atoms. The Bertz CT molecular complexity index is 1030. The van der Waals surface area contributed by atoms with Gasteiger partial charge in [0.05, 0.1) is 15.5 Å². The fourth-order valence-corrected chi connectivity index (χ4v) is 5.53. The highest BCUT2D eigenvalue weighted by Crippen LogP contribution is 2.24. The molecule has 0 saturated carbocycles. The fourth-order valence-electron chi connectivity index (χ4n) is 2.87. The lowest BCUT2D eigenvalue weighted by molar-refractivity contribution is 0.346. The molecular formula is C17H18F2N2O4S2. The summed E-state index contributed by atoms with van der Waals surface area (Å²) in [5.74, 6) is -2.06. The van der Waals surface area contributed by atoms with Crippen LogP contribution in [0.15, 0.2) is 52.3 Å². The molecule has 1 aliphatic heterocycles. The number of anilines is 1. The minimum absolute atomic E-state index is 0.0160. The van der Waals surface area contributed by atoms with Crippen LogP contribution in [0.1, 0.15) is 19.3 Å². The molecule has 2 aromatic carbocycles. The molecule has 1 aliphatic rings. The van der Waals surface area contributed by atoms with Crippen LogP contribution < -0.4 is 4.72 Å². The molecule has 6 nitrogen and oxygen atoms in total. The molecule has 0 aliphatic carbocycles. The average molecular weight is 416 g/mol. The summed E-state index contributed by atoms with van der Waals surface area (Å²) in [6.45, 7) is 0.835. The Morgan fingerprint density at radius 3 is 2.07 bits per heavy atom. The third-order valence-corrected chi connectivity index (χ3v) is 7.44. The average Bonchev–Trinajstić information content (AvgIpc) is 2.61. The molecule has 0 bridgehead atoms. The molecule has 10 heteroatoms. The molecule has 0 unspecified atom stereocenters. The summed E-state index contributed by atoms with van der Waals surface area (Å²) in [7, 11) is -8.02. The number of rotatable bonds is 5. The standard InChI is InChI=1S/C17H18F2N2O4S2/c18-13-9-14(19)11-17(10-13)26(22,23)20-15-5-4-6-16(12-15)27(24,25)21-7-2-1-3-8-21/h4-6,9-12,20H,1-3,7-8H2. The van der Waals surface area contributed by atoms with Gasteiger partial charge in [0.2, 0.25) is 10.0 Å². The minimum Gasteiger partial charge on any atom is -0.280 e. The first-order valence-electron chi connectivity index (χ1n) is 8.28. The van der Waals surface area contributed by atoms with E-state index in [-0.39, 0.29) is 10.6 Å². The number of nitrogens with one attached hydrogen (secondary N) is 1. The van der Waals surface area contributed by atoms with E-state index < -0.39 is 36.6 Å². The maximum Gasteiger partial charge on any atom is 0.262 e. The molecule has 1 heterocycles. The van der Waals surface area contributed by atoms with Crippen molar-refractivity contribution >= 4 is 25.7 Å². The van der Waals surface area contributed by atoms with Crippen molar-refractivity contribution < 1.29 is 25.6 Å². The second-order valence-corrected chi connectivity index (χ2v) is 9.82. The summed E-state index contributed by atoms with van der Waals surface area (Å²) in [4.78, 5) is -0.640. The Labute approximate surface area is 156 Å². The predicted molar refractivity (Wildman–Crippen MR) is 96.2 cm³/mol. The lowest BCUT2D eigenvalue weighted by Crippen LogP contribution is -2.35. The van der Waals surface area contributed by atoms with E-state index in [1.54, 1.807) is 0 Å². The van der Waals surface area contributed by atoms with Crippen molar-refractivity contribution in [2.24, 2.45) is 0 Å². The van der Waals surface area contributed by atoms with E-state index in [2.05, 4.69) is 4.72 Å². The summed E-state index contributed by atoms with van der Waals surface area (Å²) >= 11 is 0. The van der Waals surface area contributed by atoms with Gasteiger partial charge < -0.3 is 0 Å². The highest BCUT2D eigenvalue weighted by Gasteiger charge is 2.26. The maximum absolute atomic E-state index is 13.3. The van der Waals surface area contributed by atoms with Crippen LogP contribution in [0.2, 0.25) is 0 Å². The molecule has 3 rings (SSSR count). The Morgan fingerprint density at radius 1 is 0.815 bits per heavy atom. The number of sulfonamides is 2. The maximum atomic E-state index is 13.3. The van der Waals surface area contributed by atoms with Crippen molar-refractivity contribution in [2.45, 2.75) is 29.1 Å². The second-order valence-electron chi connectivity index (χ2n) is 6.20. The van der Waals surface area contributed by atoms with Crippen LogP contribution in [0.4, 0.5) is 14.5 Å². The van der Waals surface area contributed by atoms with Gasteiger partial charge in [-0.25, -0.2) is 25.6 Å². The van der Waals surface area contributed by atoms with Crippen LogP contribution in [0.3, 0.4) is 0 Å². The van der Waals surface area contributed by atoms with Crippen LogP contribution in [-0.2, 0) is 20.0 Å². The van der Waals surface area contributed by atoms with E-state index in [1.807, 2.05) is 0 Å². The Balaban J connectivity index is 1.89. The first-order chi connectivity index (χ1) is 12.7. The zero-order valence-corrected chi connectivity index (χ0v) is 15.9. The second kappa shape index (κ2) is 7.53. The van der Waals surface area contributed by atoms with E-state index in [4.69, 9.17) is 0 Å². The van der Waals surface area contributed by atoms with E-state index in [9.17, 15) is 25.6 Å². The van der Waals surface area contributed by atoms with E-state index in [0.717, 1.165) is 19.3 Å². The number of hydrogen-bond donors (Lipinski definition) is 1. The number of benzene rings is 2. The topological polar surface area (TPSA) is 83.5 Å². The monoisotopic (exact) mass is 416 g/mol. The normalized spacial score (nSPS) is 16.2. The van der Waals surface area contributed by atoms with E-state index in [1.165, 1.54) is 28.6 Å². The lowest BCUT2D eigenvalue weighted by atomic mass is 10.2. The van der Waals surface area contributed by atoms with Crippen molar-refractivity contribution in [3.63, 3.8) is 0 Å². The highest BCUT2D eigenvalue weighted by molar-refractivity contribution is 7.92. The molecule has 0 aromatic heterocycles.